The fourth-order valence-electron chi connectivity index (χ4n) is 2.26. The van der Waals surface area contributed by atoms with E-state index in [1.54, 1.807) is 0 Å². The number of benzene rings is 1. The van der Waals surface area contributed by atoms with E-state index in [1.807, 2.05) is 29.6 Å². The lowest BCUT2D eigenvalue weighted by molar-refractivity contribution is 0.601. The molecular formula is C13H12ClNO2S2. The molecular weight excluding hydrogens is 302 g/mol. The van der Waals surface area contributed by atoms with E-state index >= 15 is 0 Å². The van der Waals surface area contributed by atoms with Gasteiger partial charge in [0.2, 0.25) is 0 Å². The summed E-state index contributed by atoms with van der Waals surface area (Å²) in [5.74, 6) is 0.535. The van der Waals surface area contributed by atoms with E-state index in [1.165, 1.54) is 11.3 Å². The zero-order valence-electron chi connectivity index (χ0n) is 10.0. The molecule has 1 fully saturated rings. The van der Waals surface area contributed by atoms with Crippen LogP contribution >= 0.6 is 22.9 Å². The van der Waals surface area contributed by atoms with Crippen molar-refractivity contribution in [2.45, 2.75) is 12.3 Å². The molecule has 1 aliphatic heterocycles. The molecule has 1 aromatic carbocycles. The van der Waals surface area contributed by atoms with Gasteiger partial charge in [-0.05, 0) is 12.5 Å². The van der Waals surface area contributed by atoms with Gasteiger partial charge in [0.05, 0.1) is 22.2 Å². The first-order valence-electron chi connectivity index (χ1n) is 5.96. The molecule has 19 heavy (non-hydrogen) atoms. The molecule has 2 heterocycles. The lowest BCUT2D eigenvalue weighted by atomic mass is 10.1. The van der Waals surface area contributed by atoms with Crippen LogP contribution < -0.4 is 0 Å². The van der Waals surface area contributed by atoms with E-state index in [9.17, 15) is 8.42 Å². The van der Waals surface area contributed by atoms with Crippen LogP contribution in [0, 0.1) is 0 Å². The molecule has 3 rings (SSSR count). The minimum atomic E-state index is -2.87. The van der Waals surface area contributed by atoms with E-state index in [2.05, 4.69) is 4.98 Å². The zero-order valence-corrected chi connectivity index (χ0v) is 12.4. The van der Waals surface area contributed by atoms with Crippen molar-refractivity contribution in [3.05, 3.63) is 40.4 Å². The topological polar surface area (TPSA) is 47.0 Å². The van der Waals surface area contributed by atoms with Gasteiger partial charge < -0.3 is 0 Å². The largest absolute Gasteiger partial charge is 0.241 e. The van der Waals surface area contributed by atoms with E-state index in [0.717, 1.165) is 16.3 Å². The molecule has 3 nitrogen and oxygen atoms in total. The minimum Gasteiger partial charge on any atom is -0.241 e. The molecule has 100 valence electrons. The van der Waals surface area contributed by atoms with Gasteiger partial charge in [-0.15, -0.1) is 11.3 Å². The highest BCUT2D eigenvalue weighted by molar-refractivity contribution is 7.91. The summed E-state index contributed by atoms with van der Waals surface area (Å²) in [7, 11) is -2.87. The summed E-state index contributed by atoms with van der Waals surface area (Å²) in [5, 5.41) is 3.47. The molecule has 0 amide bonds. The summed E-state index contributed by atoms with van der Waals surface area (Å²) >= 11 is 7.66. The number of rotatable bonds is 2. The fraction of sp³-hybridized carbons (Fsp3) is 0.308. The quantitative estimate of drug-likeness (QED) is 0.854. The molecule has 1 aromatic heterocycles. The first-order valence-corrected chi connectivity index (χ1v) is 9.04. The third-order valence-corrected chi connectivity index (χ3v) is 6.27. The van der Waals surface area contributed by atoms with Crippen molar-refractivity contribution in [1.29, 1.82) is 0 Å². The Bertz CT molecular complexity index is 709. The molecule has 1 saturated heterocycles. The summed E-state index contributed by atoms with van der Waals surface area (Å²) in [6.07, 6.45) is 0.675. The van der Waals surface area contributed by atoms with Crippen molar-refractivity contribution in [3.63, 3.8) is 0 Å². The Morgan fingerprint density at radius 3 is 2.79 bits per heavy atom. The summed E-state index contributed by atoms with van der Waals surface area (Å²) in [6.45, 7) is 0. The van der Waals surface area contributed by atoms with Crippen LogP contribution in [0.3, 0.4) is 0 Å². The Morgan fingerprint density at radius 1 is 1.32 bits per heavy atom. The highest BCUT2D eigenvalue weighted by atomic mass is 35.5. The second-order valence-corrected chi connectivity index (χ2v) is 8.15. The summed E-state index contributed by atoms with van der Waals surface area (Å²) < 4.78 is 23.0. The second-order valence-electron chi connectivity index (χ2n) is 4.66. The van der Waals surface area contributed by atoms with E-state index in [4.69, 9.17) is 11.6 Å². The summed E-state index contributed by atoms with van der Waals surface area (Å²) in [5.41, 5.74) is 1.78. The Labute approximate surface area is 121 Å². The second kappa shape index (κ2) is 4.89. The number of thiazole rings is 1. The molecule has 0 bridgehead atoms. The molecule has 1 aliphatic rings. The molecule has 0 N–H and O–H groups in total. The average molecular weight is 314 g/mol. The van der Waals surface area contributed by atoms with Gasteiger partial charge in [-0.2, -0.15) is 0 Å². The Hall–Kier alpha value is -0.910. The van der Waals surface area contributed by atoms with Crippen molar-refractivity contribution in [1.82, 2.24) is 4.98 Å². The van der Waals surface area contributed by atoms with Gasteiger partial charge in [0.15, 0.2) is 9.84 Å². The Morgan fingerprint density at radius 2 is 2.11 bits per heavy atom. The van der Waals surface area contributed by atoms with Gasteiger partial charge in [0.25, 0.3) is 0 Å². The van der Waals surface area contributed by atoms with Crippen LogP contribution in [0.2, 0.25) is 5.02 Å². The SMILES string of the molecule is O=S1(=O)CCC(c2csc(-c3ccccc3Cl)n2)C1. The first kappa shape index (κ1) is 13.1. The maximum Gasteiger partial charge on any atom is 0.151 e. The normalized spacial score (nSPS) is 21.6. The van der Waals surface area contributed by atoms with Crippen LogP contribution in [0.4, 0.5) is 0 Å². The number of sulfone groups is 1. The van der Waals surface area contributed by atoms with Crippen LogP contribution in [0.5, 0.6) is 0 Å². The average Bonchev–Trinajstić information content (AvgIpc) is 2.96. The lowest BCUT2D eigenvalue weighted by Gasteiger charge is -2.02. The van der Waals surface area contributed by atoms with Gasteiger partial charge in [0.1, 0.15) is 5.01 Å². The molecule has 0 aliphatic carbocycles. The maximum atomic E-state index is 11.5. The molecule has 1 unspecified atom stereocenters. The van der Waals surface area contributed by atoms with E-state index < -0.39 is 9.84 Å². The summed E-state index contributed by atoms with van der Waals surface area (Å²) in [6, 6.07) is 7.56. The maximum absolute atomic E-state index is 11.5. The number of nitrogens with zero attached hydrogens (tertiary/aromatic N) is 1. The highest BCUT2D eigenvalue weighted by Crippen LogP contribution is 2.35. The lowest BCUT2D eigenvalue weighted by Crippen LogP contribution is -2.03. The minimum absolute atomic E-state index is 0.0393. The molecule has 1 atom stereocenters. The molecule has 0 radical (unpaired) electrons. The highest BCUT2D eigenvalue weighted by Gasteiger charge is 2.30. The molecule has 2 aromatic rings. The predicted octanol–water partition coefficient (Wildman–Crippen LogP) is 3.37. The van der Waals surface area contributed by atoms with Crippen LogP contribution in [0.25, 0.3) is 10.6 Å². The monoisotopic (exact) mass is 313 g/mol. The van der Waals surface area contributed by atoms with Crippen LogP contribution in [-0.2, 0) is 9.84 Å². The predicted molar refractivity (Wildman–Crippen MR) is 78.6 cm³/mol. The zero-order chi connectivity index (χ0) is 13.5. The van der Waals surface area contributed by atoms with E-state index in [-0.39, 0.29) is 17.4 Å². The number of hydrogen-bond acceptors (Lipinski definition) is 4. The molecule has 0 spiro atoms. The third kappa shape index (κ3) is 2.68. The Balaban J connectivity index is 1.91. The molecule has 6 heteroatoms. The Kier molecular flexibility index (Phi) is 3.37. The van der Waals surface area contributed by atoms with Crippen LogP contribution in [-0.4, -0.2) is 24.9 Å². The molecule has 0 saturated carbocycles. The van der Waals surface area contributed by atoms with Gasteiger partial charge in [-0.1, -0.05) is 29.8 Å². The van der Waals surface area contributed by atoms with Crippen molar-refractivity contribution >= 4 is 32.8 Å². The van der Waals surface area contributed by atoms with Gasteiger partial charge >= 0.3 is 0 Å². The van der Waals surface area contributed by atoms with Crippen LogP contribution in [0.1, 0.15) is 18.0 Å². The van der Waals surface area contributed by atoms with Crippen molar-refractivity contribution in [2.75, 3.05) is 11.5 Å². The number of hydrogen-bond donors (Lipinski definition) is 0. The van der Waals surface area contributed by atoms with Crippen molar-refractivity contribution in [2.24, 2.45) is 0 Å². The van der Waals surface area contributed by atoms with Gasteiger partial charge in [0, 0.05) is 16.9 Å². The first-order chi connectivity index (χ1) is 9.05. The van der Waals surface area contributed by atoms with Crippen molar-refractivity contribution < 1.29 is 8.42 Å². The smallest absolute Gasteiger partial charge is 0.151 e. The van der Waals surface area contributed by atoms with Crippen molar-refractivity contribution in [3.8, 4) is 10.6 Å². The van der Waals surface area contributed by atoms with Gasteiger partial charge in [-0.3, -0.25) is 0 Å². The number of aromatic nitrogens is 1. The standard InChI is InChI=1S/C13H12ClNO2S2/c14-11-4-2-1-3-10(11)13-15-12(7-18-13)9-5-6-19(16,17)8-9/h1-4,7,9H,5-6,8H2. The van der Waals surface area contributed by atoms with E-state index in [0.29, 0.717) is 11.4 Å². The van der Waals surface area contributed by atoms with Crippen LogP contribution in [0.15, 0.2) is 29.6 Å². The fourth-order valence-corrected chi connectivity index (χ4v) is 5.24. The van der Waals surface area contributed by atoms with Gasteiger partial charge in [-0.25, -0.2) is 13.4 Å². The number of halogens is 1. The third-order valence-electron chi connectivity index (χ3n) is 3.28. The summed E-state index contributed by atoms with van der Waals surface area (Å²) in [4.78, 5) is 4.56.